The fraction of sp³-hybridized carbons (Fsp3) is 0.200. The normalized spacial score (nSPS) is 10.8. The molecule has 2 aromatic heterocycles. The monoisotopic (exact) mass is 314 g/mol. The SMILES string of the molecule is Cc1c(C(N)=O)sc2nc(SCC(N)=S)[nH]c(=O)c12. The van der Waals surface area contributed by atoms with Gasteiger partial charge in [-0.15, -0.1) is 11.3 Å². The number of hydrogen-bond acceptors (Lipinski definition) is 6. The van der Waals surface area contributed by atoms with Crippen molar-refractivity contribution in [1.29, 1.82) is 0 Å². The second-order valence-corrected chi connectivity index (χ2v) is 6.21. The minimum absolute atomic E-state index is 0.295. The molecule has 0 atom stereocenters. The summed E-state index contributed by atoms with van der Waals surface area (Å²) >= 11 is 7.11. The molecule has 0 aliphatic rings. The molecule has 2 rings (SSSR count). The number of nitrogens with two attached hydrogens (primary N) is 2. The van der Waals surface area contributed by atoms with Crippen molar-refractivity contribution in [3.63, 3.8) is 0 Å². The maximum absolute atomic E-state index is 12.0. The van der Waals surface area contributed by atoms with Crippen molar-refractivity contribution in [3.8, 4) is 0 Å². The topological polar surface area (TPSA) is 115 Å². The maximum Gasteiger partial charge on any atom is 0.260 e. The van der Waals surface area contributed by atoms with Gasteiger partial charge in [-0.05, 0) is 12.5 Å². The van der Waals surface area contributed by atoms with Gasteiger partial charge in [0.2, 0.25) is 0 Å². The number of fused-ring (bicyclic) bond motifs is 1. The number of primary amides is 1. The second kappa shape index (κ2) is 5.27. The number of H-pyrrole nitrogens is 1. The summed E-state index contributed by atoms with van der Waals surface area (Å²) in [7, 11) is 0. The Balaban J connectivity index is 2.55. The third kappa shape index (κ3) is 2.77. The van der Waals surface area contributed by atoms with E-state index in [0.29, 0.717) is 36.6 Å². The van der Waals surface area contributed by atoms with Gasteiger partial charge in [-0.2, -0.15) is 0 Å². The summed E-state index contributed by atoms with van der Waals surface area (Å²) in [5, 5.41) is 0.820. The van der Waals surface area contributed by atoms with Gasteiger partial charge in [0.1, 0.15) is 4.83 Å². The number of nitrogens with zero attached hydrogens (tertiary/aromatic N) is 1. The lowest BCUT2D eigenvalue weighted by Gasteiger charge is -1.99. The molecule has 2 aromatic rings. The third-order valence-corrected chi connectivity index (χ3v) is 4.80. The van der Waals surface area contributed by atoms with Crippen molar-refractivity contribution in [2.75, 3.05) is 5.75 Å². The highest BCUT2D eigenvalue weighted by Crippen LogP contribution is 2.27. The summed E-state index contributed by atoms with van der Waals surface area (Å²) in [4.78, 5) is 31.3. The number of hydrogen-bond donors (Lipinski definition) is 3. The summed E-state index contributed by atoms with van der Waals surface area (Å²) < 4.78 is 0. The van der Waals surface area contributed by atoms with Gasteiger partial charge in [-0.25, -0.2) is 4.98 Å². The number of rotatable bonds is 4. The van der Waals surface area contributed by atoms with E-state index in [4.69, 9.17) is 23.7 Å². The number of thiophene rings is 1. The van der Waals surface area contributed by atoms with Crippen LogP contribution in [0.5, 0.6) is 0 Å². The molecule has 0 saturated heterocycles. The molecule has 0 spiro atoms. The molecule has 0 aliphatic carbocycles. The first-order valence-electron chi connectivity index (χ1n) is 5.14. The molecular formula is C10H10N4O2S3. The number of aromatic nitrogens is 2. The molecular weight excluding hydrogens is 304 g/mol. The van der Waals surface area contributed by atoms with Crippen molar-refractivity contribution in [3.05, 3.63) is 20.8 Å². The highest BCUT2D eigenvalue weighted by molar-refractivity contribution is 8.00. The van der Waals surface area contributed by atoms with Crippen LogP contribution in [0.25, 0.3) is 10.2 Å². The smallest absolute Gasteiger partial charge is 0.260 e. The largest absolute Gasteiger partial charge is 0.393 e. The summed E-state index contributed by atoms with van der Waals surface area (Å²) in [6.45, 7) is 1.68. The lowest BCUT2D eigenvalue weighted by molar-refractivity contribution is 0.100. The Morgan fingerprint density at radius 3 is 2.79 bits per heavy atom. The average molecular weight is 314 g/mol. The van der Waals surface area contributed by atoms with Crippen molar-refractivity contribution >= 4 is 56.4 Å². The minimum atomic E-state index is -0.558. The third-order valence-electron chi connectivity index (χ3n) is 2.35. The van der Waals surface area contributed by atoms with E-state index < -0.39 is 5.91 Å². The molecule has 6 nitrogen and oxygen atoms in total. The quantitative estimate of drug-likeness (QED) is 0.436. The molecule has 9 heteroatoms. The molecule has 5 N–H and O–H groups in total. The van der Waals surface area contributed by atoms with Crippen molar-refractivity contribution < 1.29 is 4.79 Å². The molecule has 1 amide bonds. The number of thiocarbonyl (C=S) groups is 1. The first-order valence-corrected chi connectivity index (χ1v) is 7.35. The zero-order valence-corrected chi connectivity index (χ0v) is 12.3. The van der Waals surface area contributed by atoms with Crippen LogP contribution in [-0.2, 0) is 0 Å². The summed E-state index contributed by atoms with van der Waals surface area (Å²) in [5.41, 5.74) is 10.9. The average Bonchev–Trinajstić information content (AvgIpc) is 2.64. The van der Waals surface area contributed by atoms with E-state index in [2.05, 4.69) is 9.97 Å². The highest BCUT2D eigenvalue weighted by atomic mass is 32.2. The van der Waals surface area contributed by atoms with Crippen LogP contribution in [0.2, 0.25) is 0 Å². The second-order valence-electron chi connectivity index (χ2n) is 3.73. The van der Waals surface area contributed by atoms with Gasteiger partial charge in [-0.1, -0.05) is 24.0 Å². The Bertz CT molecular complexity index is 734. The number of amides is 1. The number of aromatic amines is 1. The Kier molecular flexibility index (Phi) is 3.88. The first-order chi connectivity index (χ1) is 8.90. The van der Waals surface area contributed by atoms with Crippen LogP contribution in [-0.4, -0.2) is 26.6 Å². The Labute approximate surface area is 121 Å². The lowest BCUT2D eigenvalue weighted by Crippen LogP contribution is -2.13. The summed E-state index contributed by atoms with van der Waals surface area (Å²) in [6, 6.07) is 0. The predicted octanol–water partition coefficient (Wildman–Crippen LogP) is 0.770. The van der Waals surface area contributed by atoms with Crippen LogP contribution in [0.15, 0.2) is 9.95 Å². The molecule has 19 heavy (non-hydrogen) atoms. The van der Waals surface area contributed by atoms with Gasteiger partial charge in [0.25, 0.3) is 11.5 Å². The van der Waals surface area contributed by atoms with Crippen molar-refractivity contribution in [2.24, 2.45) is 11.5 Å². The zero-order valence-electron chi connectivity index (χ0n) is 9.85. The molecule has 0 aliphatic heterocycles. The van der Waals surface area contributed by atoms with E-state index >= 15 is 0 Å². The van der Waals surface area contributed by atoms with E-state index in [1.54, 1.807) is 6.92 Å². The minimum Gasteiger partial charge on any atom is -0.393 e. The van der Waals surface area contributed by atoms with Crippen molar-refractivity contribution in [1.82, 2.24) is 9.97 Å². The molecule has 0 fully saturated rings. The van der Waals surface area contributed by atoms with Crippen LogP contribution in [0.3, 0.4) is 0 Å². The Morgan fingerprint density at radius 1 is 1.53 bits per heavy atom. The van der Waals surface area contributed by atoms with Crippen LogP contribution >= 0.6 is 35.3 Å². The number of aryl methyl sites for hydroxylation is 1. The fourth-order valence-electron chi connectivity index (χ4n) is 1.57. The van der Waals surface area contributed by atoms with Crippen LogP contribution in [0, 0.1) is 6.92 Å². The van der Waals surface area contributed by atoms with Crippen molar-refractivity contribution in [2.45, 2.75) is 12.1 Å². The number of carbonyl (C=O) groups excluding carboxylic acids is 1. The van der Waals surface area contributed by atoms with Crippen LogP contribution < -0.4 is 17.0 Å². The van der Waals surface area contributed by atoms with Gasteiger partial charge in [0.15, 0.2) is 5.16 Å². The predicted molar refractivity (Wildman–Crippen MR) is 81.0 cm³/mol. The zero-order chi connectivity index (χ0) is 14.2. The van der Waals surface area contributed by atoms with Crippen LogP contribution in [0.4, 0.5) is 0 Å². The lowest BCUT2D eigenvalue weighted by atomic mass is 10.2. The highest BCUT2D eigenvalue weighted by Gasteiger charge is 2.17. The molecule has 0 saturated carbocycles. The molecule has 0 aromatic carbocycles. The molecule has 2 heterocycles. The van der Waals surface area contributed by atoms with Gasteiger partial charge < -0.3 is 16.5 Å². The van der Waals surface area contributed by atoms with E-state index in [-0.39, 0.29) is 5.56 Å². The summed E-state index contributed by atoms with van der Waals surface area (Å²) in [5.74, 6) is -0.172. The van der Waals surface area contributed by atoms with E-state index in [1.165, 1.54) is 11.8 Å². The van der Waals surface area contributed by atoms with Gasteiger partial charge in [0.05, 0.1) is 21.0 Å². The number of thioether (sulfide) groups is 1. The molecule has 100 valence electrons. The Hall–Kier alpha value is -1.45. The van der Waals surface area contributed by atoms with Gasteiger partial charge >= 0.3 is 0 Å². The first kappa shape index (κ1) is 14.0. The standard InChI is InChI=1S/C10H10N4O2S3/c1-3-5-8(16)13-10(18-2-4(11)17)14-9(5)19-6(3)7(12)15/h2H2,1H3,(H2,11,17)(H2,12,15)(H,13,14,16). The van der Waals surface area contributed by atoms with E-state index in [1.807, 2.05) is 0 Å². The Morgan fingerprint density at radius 2 is 2.21 bits per heavy atom. The van der Waals surface area contributed by atoms with E-state index in [0.717, 1.165) is 11.3 Å². The molecule has 0 radical (unpaired) electrons. The van der Waals surface area contributed by atoms with Crippen LogP contribution in [0.1, 0.15) is 15.2 Å². The molecule has 0 unspecified atom stereocenters. The molecule has 0 bridgehead atoms. The number of carbonyl (C=O) groups is 1. The number of nitrogens with one attached hydrogen (secondary N) is 1. The maximum atomic E-state index is 12.0. The fourth-order valence-corrected chi connectivity index (χ4v) is 3.44. The summed E-state index contributed by atoms with van der Waals surface area (Å²) in [6.07, 6.45) is 0. The van der Waals surface area contributed by atoms with E-state index in [9.17, 15) is 9.59 Å². The van der Waals surface area contributed by atoms with Gasteiger partial charge in [-0.3, -0.25) is 9.59 Å². The van der Waals surface area contributed by atoms with Gasteiger partial charge in [0, 0.05) is 0 Å².